The maximum absolute atomic E-state index is 12.5. The SMILES string of the molecule is NC[C@@H]1CCCN(S(=O)(=O)c2cccc(Br)c2)C1. The predicted molar refractivity (Wildman–Crippen MR) is 74.7 cm³/mol. The van der Waals surface area contributed by atoms with E-state index in [0.29, 0.717) is 24.5 Å². The predicted octanol–water partition coefficient (Wildman–Crippen LogP) is 1.81. The summed E-state index contributed by atoms with van der Waals surface area (Å²) in [5.41, 5.74) is 5.64. The second-order valence-corrected chi connectivity index (χ2v) is 7.42. The average Bonchev–Trinajstić information content (AvgIpc) is 2.39. The minimum absolute atomic E-state index is 0.278. The molecule has 1 saturated heterocycles. The van der Waals surface area contributed by atoms with Gasteiger partial charge >= 0.3 is 0 Å². The van der Waals surface area contributed by atoms with Gasteiger partial charge in [0, 0.05) is 17.6 Å². The Morgan fingerprint density at radius 2 is 2.22 bits per heavy atom. The lowest BCUT2D eigenvalue weighted by Crippen LogP contribution is -2.41. The van der Waals surface area contributed by atoms with Crippen molar-refractivity contribution in [3.63, 3.8) is 0 Å². The van der Waals surface area contributed by atoms with E-state index in [0.717, 1.165) is 17.3 Å². The zero-order chi connectivity index (χ0) is 13.2. The highest BCUT2D eigenvalue weighted by Gasteiger charge is 2.29. The van der Waals surface area contributed by atoms with Crippen LogP contribution in [0.4, 0.5) is 0 Å². The molecule has 1 atom stereocenters. The standard InChI is InChI=1S/C12H17BrN2O2S/c13-11-4-1-5-12(7-11)18(16,17)15-6-2-3-10(8-14)9-15/h1,4-5,7,10H,2-3,6,8-9,14H2/t10-/m0/s1. The van der Waals surface area contributed by atoms with Crippen LogP contribution in [-0.2, 0) is 10.0 Å². The Kier molecular flexibility index (Phi) is 4.42. The van der Waals surface area contributed by atoms with E-state index in [1.807, 2.05) is 6.07 Å². The summed E-state index contributed by atoms with van der Waals surface area (Å²) in [6.45, 7) is 1.67. The molecule has 0 unspecified atom stereocenters. The zero-order valence-corrected chi connectivity index (χ0v) is 12.5. The summed E-state index contributed by atoms with van der Waals surface area (Å²) in [4.78, 5) is 0.342. The van der Waals surface area contributed by atoms with Crippen LogP contribution in [0.1, 0.15) is 12.8 Å². The van der Waals surface area contributed by atoms with Crippen molar-refractivity contribution in [2.75, 3.05) is 19.6 Å². The minimum Gasteiger partial charge on any atom is -0.330 e. The van der Waals surface area contributed by atoms with Gasteiger partial charge in [0.05, 0.1) is 4.90 Å². The maximum atomic E-state index is 12.5. The molecule has 1 aliphatic rings. The Labute approximate surface area is 116 Å². The van der Waals surface area contributed by atoms with Gasteiger partial charge in [0.25, 0.3) is 0 Å². The van der Waals surface area contributed by atoms with E-state index in [1.165, 1.54) is 0 Å². The fourth-order valence-corrected chi connectivity index (χ4v) is 4.37. The first-order chi connectivity index (χ1) is 8.54. The molecule has 1 heterocycles. The van der Waals surface area contributed by atoms with Gasteiger partial charge in [-0.25, -0.2) is 8.42 Å². The molecule has 100 valence electrons. The summed E-state index contributed by atoms with van der Waals surface area (Å²) in [6.07, 6.45) is 1.90. The van der Waals surface area contributed by atoms with E-state index >= 15 is 0 Å². The lowest BCUT2D eigenvalue weighted by atomic mass is 10.0. The van der Waals surface area contributed by atoms with Crippen molar-refractivity contribution in [1.82, 2.24) is 4.31 Å². The molecule has 1 aliphatic heterocycles. The summed E-state index contributed by atoms with van der Waals surface area (Å²) in [6, 6.07) is 6.83. The van der Waals surface area contributed by atoms with Crippen LogP contribution in [0.15, 0.2) is 33.6 Å². The molecule has 2 rings (SSSR count). The normalized spacial score (nSPS) is 22.0. The Bertz CT molecular complexity index is 519. The topological polar surface area (TPSA) is 63.4 Å². The molecule has 0 saturated carbocycles. The Morgan fingerprint density at radius 3 is 2.89 bits per heavy atom. The van der Waals surface area contributed by atoms with Gasteiger partial charge in [-0.3, -0.25) is 0 Å². The fraction of sp³-hybridized carbons (Fsp3) is 0.500. The second kappa shape index (κ2) is 5.69. The van der Waals surface area contributed by atoms with E-state index < -0.39 is 10.0 Å². The van der Waals surface area contributed by atoms with Crippen molar-refractivity contribution in [3.05, 3.63) is 28.7 Å². The zero-order valence-electron chi connectivity index (χ0n) is 10.0. The molecule has 4 nitrogen and oxygen atoms in total. The third-order valence-electron chi connectivity index (χ3n) is 3.25. The van der Waals surface area contributed by atoms with Crippen LogP contribution in [0, 0.1) is 5.92 Å². The molecule has 0 aromatic heterocycles. The summed E-state index contributed by atoms with van der Waals surface area (Å²) in [5.74, 6) is 0.278. The van der Waals surface area contributed by atoms with Crippen molar-refractivity contribution in [2.45, 2.75) is 17.7 Å². The van der Waals surface area contributed by atoms with Gasteiger partial charge in [-0.2, -0.15) is 4.31 Å². The van der Waals surface area contributed by atoms with E-state index in [1.54, 1.807) is 22.5 Å². The summed E-state index contributed by atoms with van der Waals surface area (Å²) >= 11 is 3.30. The van der Waals surface area contributed by atoms with Gasteiger partial charge in [0.2, 0.25) is 10.0 Å². The molecule has 0 radical (unpaired) electrons. The molecule has 2 N–H and O–H groups in total. The van der Waals surface area contributed by atoms with Gasteiger partial charge in [-0.05, 0) is 43.5 Å². The third-order valence-corrected chi connectivity index (χ3v) is 5.60. The van der Waals surface area contributed by atoms with Crippen molar-refractivity contribution in [3.8, 4) is 0 Å². The highest BCUT2D eigenvalue weighted by atomic mass is 79.9. The van der Waals surface area contributed by atoms with Crippen molar-refractivity contribution < 1.29 is 8.42 Å². The molecule has 6 heteroatoms. The number of benzene rings is 1. The molecule has 0 amide bonds. The van der Waals surface area contributed by atoms with Crippen LogP contribution in [0.25, 0.3) is 0 Å². The van der Waals surface area contributed by atoms with Gasteiger partial charge in [-0.1, -0.05) is 22.0 Å². The van der Waals surface area contributed by atoms with E-state index in [9.17, 15) is 8.42 Å². The highest BCUT2D eigenvalue weighted by molar-refractivity contribution is 9.10. The molecular formula is C12H17BrN2O2S. The largest absolute Gasteiger partial charge is 0.330 e. The van der Waals surface area contributed by atoms with Crippen LogP contribution in [-0.4, -0.2) is 32.4 Å². The molecule has 0 bridgehead atoms. The van der Waals surface area contributed by atoms with Gasteiger partial charge in [-0.15, -0.1) is 0 Å². The fourth-order valence-electron chi connectivity index (χ4n) is 2.21. The van der Waals surface area contributed by atoms with Gasteiger partial charge in [0.15, 0.2) is 0 Å². The second-order valence-electron chi connectivity index (χ2n) is 4.56. The summed E-state index contributed by atoms with van der Waals surface area (Å²) in [5, 5.41) is 0. The van der Waals surface area contributed by atoms with Crippen molar-refractivity contribution in [2.24, 2.45) is 11.7 Å². The first-order valence-corrected chi connectivity index (χ1v) is 8.23. The number of nitrogens with zero attached hydrogens (tertiary/aromatic N) is 1. The minimum atomic E-state index is -3.38. The van der Waals surface area contributed by atoms with E-state index in [-0.39, 0.29) is 5.92 Å². The summed E-state index contributed by atoms with van der Waals surface area (Å²) < 4.78 is 27.3. The van der Waals surface area contributed by atoms with Crippen LogP contribution in [0.5, 0.6) is 0 Å². The maximum Gasteiger partial charge on any atom is 0.243 e. The van der Waals surface area contributed by atoms with Gasteiger partial charge in [0.1, 0.15) is 0 Å². The summed E-state index contributed by atoms with van der Waals surface area (Å²) in [7, 11) is -3.38. The lowest BCUT2D eigenvalue weighted by Gasteiger charge is -2.31. The number of nitrogens with two attached hydrogens (primary N) is 1. The molecule has 18 heavy (non-hydrogen) atoms. The number of hydrogen-bond acceptors (Lipinski definition) is 3. The highest BCUT2D eigenvalue weighted by Crippen LogP contribution is 2.24. The Balaban J connectivity index is 2.25. The first kappa shape index (κ1) is 14.0. The number of rotatable bonds is 3. The van der Waals surface area contributed by atoms with Crippen molar-refractivity contribution >= 4 is 26.0 Å². The molecular weight excluding hydrogens is 316 g/mol. The molecule has 0 aliphatic carbocycles. The van der Waals surface area contributed by atoms with E-state index in [4.69, 9.17) is 5.73 Å². The van der Waals surface area contributed by atoms with Crippen LogP contribution in [0.3, 0.4) is 0 Å². The molecule has 0 spiro atoms. The quantitative estimate of drug-likeness (QED) is 0.918. The van der Waals surface area contributed by atoms with Crippen LogP contribution in [0.2, 0.25) is 0 Å². The number of sulfonamides is 1. The molecule has 1 aromatic carbocycles. The smallest absolute Gasteiger partial charge is 0.243 e. The molecule has 1 fully saturated rings. The van der Waals surface area contributed by atoms with Gasteiger partial charge < -0.3 is 5.73 Å². The van der Waals surface area contributed by atoms with Crippen molar-refractivity contribution in [1.29, 1.82) is 0 Å². The number of piperidine rings is 1. The monoisotopic (exact) mass is 332 g/mol. The molecule has 1 aromatic rings. The Hall–Kier alpha value is -0.430. The lowest BCUT2D eigenvalue weighted by molar-refractivity contribution is 0.271. The average molecular weight is 333 g/mol. The van der Waals surface area contributed by atoms with E-state index in [2.05, 4.69) is 15.9 Å². The van der Waals surface area contributed by atoms with Crippen LogP contribution >= 0.6 is 15.9 Å². The number of hydrogen-bond donors (Lipinski definition) is 1. The first-order valence-electron chi connectivity index (χ1n) is 6.00. The van der Waals surface area contributed by atoms with Crippen LogP contribution < -0.4 is 5.73 Å². The third kappa shape index (κ3) is 2.93. The Morgan fingerprint density at radius 1 is 1.44 bits per heavy atom. The number of halogens is 1.